The summed E-state index contributed by atoms with van der Waals surface area (Å²) in [7, 11) is -2.85. The van der Waals surface area contributed by atoms with E-state index < -0.39 is 39.7 Å². The molecular formula is C15H19NO8S. The number of carboxylic acid groups (broad SMARTS) is 1. The van der Waals surface area contributed by atoms with Crippen LogP contribution < -0.4 is 14.2 Å². The van der Waals surface area contributed by atoms with E-state index in [1.54, 1.807) is 18.2 Å². The first-order chi connectivity index (χ1) is 11.7. The summed E-state index contributed by atoms with van der Waals surface area (Å²) in [5.74, 6) is -2.47. The molecule has 0 bridgehead atoms. The Bertz CT molecular complexity index is 761. The average Bonchev–Trinajstić information content (AvgIpc) is 3.00. The molecule has 10 heteroatoms. The molecule has 0 aliphatic carbocycles. The Kier molecular flexibility index (Phi) is 5.85. The molecule has 0 amide bonds. The molecule has 2 rings (SSSR count). The predicted molar refractivity (Wildman–Crippen MR) is 85.8 cm³/mol. The molecule has 138 valence electrons. The second kappa shape index (κ2) is 7.70. The van der Waals surface area contributed by atoms with Gasteiger partial charge < -0.3 is 19.3 Å². The van der Waals surface area contributed by atoms with Crippen LogP contribution in [0.3, 0.4) is 0 Å². The lowest BCUT2D eigenvalue weighted by molar-refractivity contribution is -0.144. The summed E-state index contributed by atoms with van der Waals surface area (Å²) in [6.07, 6.45) is -0.0855. The summed E-state index contributed by atoms with van der Waals surface area (Å²) >= 11 is 0. The highest BCUT2D eigenvalue weighted by molar-refractivity contribution is 7.89. The molecule has 1 aliphatic heterocycles. The quantitative estimate of drug-likeness (QED) is 0.616. The standard InChI is InChI=1S/C15H19NO8S/c1-9(15(19)22-2)7-25(20,21)16-11(14(17)18)5-10-3-4-12-13(6-10)24-8-23-12/h3-4,6,9,11,16H,5,7-8H2,1-2H3,(H,17,18). The van der Waals surface area contributed by atoms with Crippen molar-refractivity contribution in [1.82, 2.24) is 4.72 Å². The molecule has 2 N–H and O–H groups in total. The van der Waals surface area contributed by atoms with E-state index in [9.17, 15) is 23.1 Å². The Balaban J connectivity index is 2.08. The van der Waals surface area contributed by atoms with E-state index in [1.807, 2.05) is 0 Å². The Morgan fingerprint density at radius 2 is 2.00 bits per heavy atom. The molecule has 1 aromatic carbocycles. The zero-order valence-corrected chi connectivity index (χ0v) is 14.5. The maximum absolute atomic E-state index is 12.1. The van der Waals surface area contributed by atoms with Crippen molar-refractivity contribution in [2.75, 3.05) is 19.7 Å². The zero-order chi connectivity index (χ0) is 18.6. The number of carbonyl (C=O) groups is 2. The molecule has 25 heavy (non-hydrogen) atoms. The van der Waals surface area contributed by atoms with E-state index in [-0.39, 0.29) is 13.2 Å². The van der Waals surface area contributed by atoms with E-state index in [0.717, 1.165) is 7.11 Å². The number of carboxylic acids is 1. The van der Waals surface area contributed by atoms with Crippen molar-refractivity contribution in [2.24, 2.45) is 5.92 Å². The topological polar surface area (TPSA) is 128 Å². The summed E-state index contributed by atoms with van der Waals surface area (Å²) in [5.41, 5.74) is 0.570. The predicted octanol–water partition coefficient (Wildman–Crippen LogP) is 0.140. The molecule has 9 nitrogen and oxygen atoms in total. The molecule has 2 atom stereocenters. The van der Waals surface area contributed by atoms with E-state index in [1.165, 1.54) is 6.92 Å². The molecule has 0 saturated carbocycles. The van der Waals surface area contributed by atoms with Gasteiger partial charge in [-0.3, -0.25) is 9.59 Å². The lowest BCUT2D eigenvalue weighted by Gasteiger charge is -2.16. The first kappa shape index (κ1) is 19.0. The fraction of sp³-hybridized carbons (Fsp3) is 0.467. The summed E-state index contributed by atoms with van der Waals surface area (Å²) in [6, 6.07) is 3.48. The van der Waals surface area contributed by atoms with Crippen LogP contribution in [0.2, 0.25) is 0 Å². The van der Waals surface area contributed by atoms with Crippen LogP contribution in [-0.2, 0) is 30.8 Å². The minimum absolute atomic E-state index is 0.0825. The molecule has 0 fully saturated rings. The SMILES string of the molecule is COC(=O)C(C)CS(=O)(=O)NC(Cc1ccc2c(c1)OCO2)C(=O)O. The molecule has 2 unspecified atom stereocenters. The lowest BCUT2D eigenvalue weighted by Crippen LogP contribution is -2.44. The smallest absolute Gasteiger partial charge is 0.322 e. The zero-order valence-electron chi connectivity index (χ0n) is 13.7. The van der Waals surface area contributed by atoms with E-state index in [0.29, 0.717) is 17.1 Å². The monoisotopic (exact) mass is 373 g/mol. The fourth-order valence-corrected chi connectivity index (χ4v) is 3.85. The van der Waals surface area contributed by atoms with Gasteiger partial charge in [-0.2, -0.15) is 0 Å². The maximum atomic E-state index is 12.1. The van der Waals surface area contributed by atoms with Gasteiger partial charge in [-0.05, 0) is 24.1 Å². The van der Waals surface area contributed by atoms with Gasteiger partial charge in [0.2, 0.25) is 16.8 Å². The van der Waals surface area contributed by atoms with Gasteiger partial charge >= 0.3 is 11.9 Å². The third kappa shape index (κ3) is 5.07. The molecule has 0 aromatic heterocycles. The molecule has 0 radical (unpaired) electrons. The number of carbonyl (C=O) groups excluding carboxylic acids is 1. The summed E-state index contributed by atoms with van der Waals surface area (Å²) in [6.45, 7) is 1.47. The van der Waals surface area contributed by atoms with Crippen LogP contribution in [0.5, 0.6) is 11.5 Å². The van der Waals surface area contributed by atoms with Gasteiger partial charge in [-0.15, -0.1) is 0 Å². The van der Waals surface area contributed by atoms with Crippen LogP contribution in [0.4, 0.5) is 0 Å². The maximum Gasteiger partial charge on any atom is 0.322 e. The van der Waals surface area contributed by atoms with Crippen LogP contribution in [0, 0.1) is 5.92 Å². The number of hydrogen-bond acceptors (Lipinski definition) is 7. The van der Waals surface area contributed by atoms with Gasteiger partial charge in [0.25, 0.3) is 0 Å². The number of sulfonamides is 1. The fourth-order valence-electron chi connectivity index (χ4n) is 2.35. The van der Waals surface area contributed by atoms with E-state index >= 15 is 0 Å². The van der Waals surface area contributed by atoms with Crippen molar-refractivity contribution in [3.8, 4) is 11.5 Å². The first-order valence-electron chi connectivity index (χ1n) is 7.41. The minimum Gasteiger partial charge on any atom is -0.480 e. The highest BCUT2D eigenvalue weighted by Crippen LogP contribution is 2.32. The van der Waals surface area contributed by atoms with Crippen molar-refractivity contribution < 1.29 is 37.3 Å². The normalized spacial score (nSPS) is 15.4. The number of benzene rings is 1. The average molecular weight is 373 g/mol. The molecule has 1 heterocycles. The van der Waals surface area contributed by atoms with Crippen molar-refractivity contribution in [2.45, 2.75) is 19.4 Å². The number of methoxy groups -OCH3 is 1. The third-order valence-corrected chi connectivity index (χ3v) is 5.15. The van der Waals surface area contributed by atoms with E-state index in [2.05, 4.69) is 9.46 Å². The molecule has 1 aromatic rings. The summed E-state index contributed by atoms with van der Waals surface area (Å²) in [5, 5.41) is 9.31. The number of ether oxygens (including phenoxy) is 3. The Morgan fingerprint density at radius 1 is 1.32 bits per heavy atom. The number of hydrogen-bond donors (Lipinski definition) is 2. The molecular weight excluding hydrogens is 354 g/mol. The number of fused-ring (bicyclic) bond motifs is 1. The number of rotatable bonds is 8. The Labute approximate surface area is 144 Å². The van der Waals surface area contributed by atoms with Gasteiger partial charge in [0.15, 0.2) is 11.5 Å². The second-order valence-corrected chi connectivity index (χ2v) is 7.40. The summed E-state index contributed by atoms with van der Waals surface area (Å²) in [4.78, 5) is 22.8. The van der Waals surface area contributed by atoms with E-state index in [4.69, 9.17) is 9.47 Å². The highest BCUT2D eigenvalue weighted by Gasteiger charge is 2.28. The number of nitrogens with one attached hydrogen (secondary N) is 1. The van der Waals surface area contributed by atoms with Gasteiger partial charge in [-0.1, -0.05) is 13.0 Å². The number of aliphatic carboxylic acids is 1. The van der Waals surface area contributed by atoms with Crippen LogP contribution in [0.15, 0.2) is 18.2 Å². The van der Waals surface area contributed by atoms with Crippen LogP contribution in [0.1, 0.15) is 12.5 Å². The summed E-state index contributed by atoms with van der Waals surface area (Å²) < 4.78 is 41.2. The second-order valence-electron chi connectivity index (χ2n) is 5.61. The van der Waals surface area contributed by atoms with Gasteiger partial charge in [0.1, 0.15) is 6.04 Å². The lowest BCUT2D eigenvalue weighted by atomic mass is 10.1. The van der Waals surface area contributed by atoms with Gasteiger partial charge in [-0.25, -0.2) is 13.1 Å². The first-order valence-corrected chi connectivity index (χ1v) is 9.06. The highest BCUT2D eigenvalue weighted by atomic mass is 32.2. The molecule has 0 saturated heterocycles. The molecule has 0 spiro atoms. The van der Waals surface area contributed by atoms with Crippen molar-refractivity contribution in [3.05, 3.63) is 23.8 Å². The van der Waals surface area contributed by atoms with Crippen molar-refractivity contribution in [3.63, 3.8) is 0 Å². The number of esters is 1. The van der Waals surface area contributed by atoms with Crippen molar-refractivity contribution in [1.29, 1.82) is 0 Å². The van der Waals surface area contributed by atoms with Crippen LogP contribution in [0.25, 0.3) is 0 Å². The Morgan fingerprint density at radius 3 is 2.64 bits per heavy atom. The van der Waals surface area contributed by atoms with Gasteiger partial charge in [0.05, 0.1) is 18.8 Å². The Hall–Kier alpha value is -2.33. The third-order valence-electron chi connectivity index (χ3n) is 3.57. The minimum atomic E-state index is -4.00. The van der Waals surface area contributed by atoms with Gasteiger partial charge in [0, 0.05) is 0 Å². The van der Waals surface area contributed by atoms with Crippen LogP contribution in [-0.4, -0.2) is 51.2 Å². The van der Waals surface area contributed by atoms with Crippen molar-refractivity contribution >= 4 is 22.0 Å². The van der Waals surface area contributed by atoms with Crippen LogP contribution >= 0.6 is 0 Å². The molecule has 1 aliphatic rings. The largest absolute Gasteiger partial charge is 0.480 e.